The van der Waals surface area contributed by atoms with Crippen LogP contribution in [0.4, 0.5) is 0 Å². The molecule has 0 radical (unpaired) electrons. The molecule has 0 spiro atoms. The molecule has 0 aromatic heterocycles. The number of hydrogen-bond donors (Lipinski definition) is 0. The maximum atomic E-state index is 2.42. The Morgan fingerprint density at radius 3 is 2.06 bits per heavy atom. The first-order valence-corrected chi connectivity index (χ1v) is 7.18. The van der Waals surface area contributed by atoms with Gasteiger partial charge in [0, 0.05) is 0 Å². The van der Waals surface area contributed by atoms with E-state index in [1.165, 1.54) is 38.5 Å². The lowest BCUT2D eigenvalue weighted by atomic mass is 9.67. The molecule has 1 saturated carbocycles. The Morgan fingerprint density at radius 1 is 0.938 bits per heavy atom. The van der Waals surface area contributed by atoms with Gasteiger partial charge in [0.2, 0.25) is 0 Å². The smallest absolute Gasteiger partial charge is 0.0354 e. The average Bonchev–Trinajstić information content (AvgIpc) is 2.13. The van der Waals surface area contributed by atoms with Crippen molar-refractivity contribution in [3.05, 3.63) is 0 Å². The van der Waals surface area contributed by atoms with Crippen LogP contribution in [0.25, 0.3) is 0 Å². The Kier molecular flexibility index (Phi) is 4.49. The monoisotopic (exact) mass is 224 g/mol. The predicted molar refractivity (Wildman–Crippen MR) is 73.6 cm³/mol. The summed E-state index contributed by atoms with van der Waals surface area (Å²) in [4.78, 5) is 0. The van der Waals surface area contributed by atoms with Crippen molar-refractivity contribution in [1.82, 2.24) is 0 Å². The van der Waals surface area contributed by atoms with Gasteiger partial charge in [-0.25, -0.2) is 0 Å². The van der Waals surface area contributed by atoms with Gasteiger partial charge in [-0.1, -0.05) is 54.4 Å². The lowest BCUT2D eigenvalue weighted by molar-refractivity contribution is 0.130. The molecule has 0 saturated heterocycles. The third kappa shape index (κ3) is 4.89. The van der Waals surface area contributed by atoms with Crippen molar-refractivity contribution in [2.24, 2.45) is 22.7 Å². The summed E-state index contributed by atoms with van der Waals surface area (Å²) in [6.45, 7) is 14.4. The summed E-state index contributed by atoms with van der Waals surface area (Å²) in [5, 5.41) is 0. The highest BCUT2D eigenvalue weighted by Crippen LogP contribution is 2.42. The summed E-state index contributed by atoms with van der Waals surface area (Å²) in [6.07, 6.45) is 8.76. The van der Waals surface area contributed by atoms with Crippen LogP contribution >= 0.6 is 0 Å². The molecular formula is C16H32. The van der Waals surface area contributed by atoms with E-state index in [4.69, 9.17) is 0 Å². The van der Waals surface area contributed by atoms with Gasteiger partial charge >= 0.3 is 0 Å². The van der Waals surface area contributed by atoms with Crippen molar-refractivity contribution < 1.29 is 0 Å². The summed E-state index contributed by atoms with van der Waals surface area (Å²) >= 11 is 0. The topological polar surface area (TPSA) is 0 Å². The van der Waals surface area contributed by atoms with Gasteiger partial charge in [-0.05, 0) is 48.3 Å². The van der Waals surface area contributed by atoms with Crippen molar-refractivity contribution in [3.8, 4) is 0 Å². The van der Waals surface area contributed by atoms with Crippen LogP contribution in [0.2, 0.25) is 0 Å². The quantitative estimate of drug-likeness (QED) is 0.567. The first kappa shape index (κ1) is 14.1. The maximum Gasteiger partial charge on any atom is -0.0354 e. The van der Waals surface area contributed by atoms with Crippen molar-refractivity contribution in [1.29, 1.82) is 0 Å². The van der Waals surface area contributed by atoms with Gasteiger partial charge in [0.05, 0.1) is 0 Å². The minimum Gasteiger partial charge on any atom is -0.0602 e. The van der Waals surface area contributed by atoms with Crippen LogP contribution in [0.3, 0.4) is 0 Å². The molecule has 1 aliphatic carbocycles. The minimum atomic E-state index is 0.522. The van der Waals surface area contributed by atoms with E-state index >= 15 is 0 Å². The lowest BCUT2D eigenvalue weighted by Gasteiger charge is -2.38. The standard InChI is InChI=1S/C16H32/c1-15(2,3)11-10-13-8-7-9-14(12-13)16(4,5)6/h13-14H,7-12H2,1-6H3/t13-,14-/m1/s1. The van der Waals surface area contributed by atoms with Crippen LogP contribution in [0.5, 0.6) is 0 Å². The first-order valence-electron chi connectivity index (χ1n) is 7.18. The summed E-state index contributed by atoms with van der Waals surface area (Å²) in [7, 11) is 0. The number of hydrogen-bond acceptors (Lipinski definition) is 0. The third-order valence-electron chi connectivity index (χ3n) is 4.31. The first-order chi connectivity index (χ1) is 7.18. The van der Waals surface area contributed by atoms with E-state index in [2.05, 4.69) is 41.5 Å². The van der Waals surface area contributed by atoms with E-state index in [1.54, 1.807) is 0 Å². The summed E-state index contributed by atoms with van der Waals surface area (Å²) in [6, 6.07) is 0. The van der Waals surface area contributed by atoms with Crippen LogP contribution in [-0.2, 0) is 0 Å². The summed E-state index contributed by atoms with van der Waals surface area (Å²) in [5.41, 5.74) is 1.05. The van der Waals surface area contributed by atoms with Gasteiger partial charge in [-0.3, -0.25) is 0 Å². The molecule has 1 rings (SSSR count). The molecule has 0 unspecified atom stereocenters. The van der Waals surface area contributed by atoms with Crippen LogP contribution in [-0.4, -0.2) is 0 Å². The van der Waals surface area contributed by atoms with Crippen molar-refractivity contribution >= 4 is 0 Å². The fourth-order valence-corrected chi connectivity index (χ4v) is 2.98. The molecule has 0 heteroatoms. The highest BCUT2D eigenvalue weighted by atomic mass is 14.4. The van der Waals surface area contributed by atoms with E-state index < -0.39 is 0 Å². The van der Waals surface area contributed by atoms with Crippen LogP contribution < -0.4 is 0 Å². The summed E-state index contributed by atoms with van der Waals surface area (Å²) in [5.74, 6) is 1.98. The van der Waals surface area contributed by atoms with Gasteiger partial charge in [0.15, 0.2) is 0 Å². The van der Waals surface area contributed by atoms with Crippen LogP contribution in [0, 0.1) is 22.7 Å². The predicted octanol–water partition coefficient (Wildman–Crippen LogP) is 5.67. The molecule has 0 bridgehead atoms. The molecule has 16 heavy (non-hydrogen) atoms. The molecule has 0 aliphatic heterocycles. The second-order valence-corrected chi connectivity index (χ2v) is 8.19. The van der Waals surface area contributed by atoms with E-state index in [9.17, 15) is 0 Å². The largest absolute Gasteiger partial charge is 0.0602 e. The zero-order chi connectivity index (χ0) is 12.4. The van der Waals surface area contributed by atoms with E-state index in [-0.39, 0.29) is 0 Å². The molecule has 0 nitrogen and oxygen atoms in total. The second-order valence-electron chi connectivity index (χ2n) is 8.19. The Labute approximate surface area is 103 Å². The summed E-state index contributed by atoms with van der Waals surface area (Å²) < 4.78 is 0. The molecule has 0 aromatic carbocycles. The molecule has 0 heterocycles. The normalized spacial score (nSPS) is 28.1. The van der Waals surface area contributed by atoms with Crippen LogP contribution in [0.15, 0.2) is 0 Å². The zero-order valence-corrected chi connectivity index (χ0v) is 12.4. The minimum absolute atomic E-state index is 0.522. The zero-order valence-electron chi connectivity index (χ0n) is 12.4. The van der Waals surface area contributed by atoms with Gasteiger partial charge in [-0.15, -0.1) is 0 Å². The van der Waals surface area contributed by atoms with Gasteiger partial charge < -0.3 is 0 Å². The van der Waals surface area contributed by atoms with Gasteiger partial charge in [-0.2, -0.15) is 0 Å². The van der Waals surface area contributed by atoms with Crippen molar-refractivity contribution in [2.45, 2.75) is 80.1 Å². The lowest BCUT2D eigenvalue weighted by Crippen LogP contribution is -2.27. The highest BCUT2D eigenvalue weighted by Gasteiger charge is 2.30. The Balaban J connectivity index is 2.39. The molecular weight excluding hydrogens is 192 g/mol. The van der Waals surface area contributed by atoms with Gasteiger partial charge in [0.1, 0.15) is 0 Å². The Morgan fingerprint density at radius 2 is 1.56 bits per heavy atom. The van der Waals surface area contributed by atoms with E-state index in [0.29, 0.717) is 10.8 Å². The molecule has 1 aliphatic rings. The molecule has 0 amide bonds. The molecule has 2 atom stereocenters. The molecule has 1 fully saturated rings. The third-order valence-corrected chi connectivity index (χ3v) is 4.31. The molecule has 0 aromatic rings. The Hall–Kier alpha value is 0. The molecule has 0 N–H and O–H groups in total. The second kappa shape index (κ2) is 5.10. The Bertz CT molecular complexity index is 201. The highest BCUT2D eigenvalue weighted by molar-refractivity contribution is 4.81. The van der Waals surface area contributed by atoms with Gasteiger partial charge in [0.25, 0.3) is 0 Å². The molecule has 96 valence electrons. The SMILES string of the molecule is CC(C)(C)CC[C@H]1CCC[C@@H](C(C)(C)C)C1. The van der Waals surface area contributed by atoms with E-state index in [1.807, 2.05) is 0 Å². The fourth-order valence-electron chi connectivity index (χ4n) is 2.98. The average molecular weight is 224 g/mol. The van der Waals surface area contributed by atoms with Crippen LogP contribution in [0.1, 0.15) is 80.1 Å². The maximum absolute atomic E-state index is 2.42. The van der Waals surface area contributed by atoms with Crippen molar-refractivity contribution in [3.63, 3.8) is 0 Å². The number of rotatable bonds is 2. The van der Waals surface area contributed by atoms with Crippen molar-refractivity contribution in [2.75, 3.05) is 0 Å². The fraction of sp³-hybridized carbons (Fsp3) is 1.00. The van der Waals surface area contributed by atoms with E-state index in [0.717, 1.165) is 11.8 Å².